The normalized spacial score (nSPS) is 10.8. The zero-order chi connectivity index (χ0) is 25.3. The van der Waals surface area contributed by atoms with Crippen LogP contribution in [-0.4, -0.2) is 25.2 Å². The van der Waals surface area contributed by atoms with Crippen molar-refractivity contribution in [3.63, 3.8) is 0 Å². The quantitative estimate of drug-likeness (QED) is 0.0994. The zero-order valence-corrected chi connectivity index (χ0v) is 24.0. The van der Waals surface area contributed by atoms with E-state index in [0.29, 0.717) is 12.8 Å². The van der Waals surface area contributed by atoms with Crippen LogP contribution in [0.4, 0.5) is 0 Å². The van der Waals surface area contributed by atoms with Crippen LogP contribution in [0.3, 0.4) is 0 Å². The van der Waals surface area contributed by atoms with Crippen molar-refractivity contribution in [2.24, 2.45) is 0 Å². The molecule has 0 fully saturated rings. The summed E-state index contributed by atoms with van der Waals surface area (Å²) in [4.78, 5) is 26.3. The molecule has 0 radical (unpaired) electrons. The highest BCUT2D eigenvalue weighted by Gasteiger charge is 2.10. The summed E-state index contributed by atoms with van der Waals surface area (Å²) in [6.07, 6.45) is 1.27. The standard InChI is InChI=1S/C26H22O4S6/c27-23(29-13-11-17-1-5-19(6-2-17)21-15-25(31)35-33-21)9-10-24(28)30-14-12-18-3-7-20(8-4-18)22-16-26(32)36-34-22/h1-8,15-16H,9-14H2. The van der Waals surface area contributed by atoms with E-state index in [1.54, 1.807) is 41.4 Å². The summed E-state index contributed by atoms with van der Waals surface area (Å²) >= 11 is 10.4. The predicted molar refractivity (Wildman–Crippen MR) is 155 cm³/mol. The Hall–Kier alpha value is -2.08. The summed E-state index contributed by atoms with van der Waals surface area (Å²) < 4.78 is 12.3. The summed E-state index contributed by atoms with van der Waals surface area (Å²) in [6, 6.07) is 20.3. The predicted octanol–water partition coefficient (Wildman–Crippen LogP) is 8.38. The maximum atomic E-state index is 12.0. The molecule has 2 aromatic heterocycles. The SMILES string of the molecule is O=C(CCC(=O)OCCc1ccc(-c2cc(=S)ss2)cc1)OCCc1ccc(-c2cc(=S)ss2)cc1. The van der Waals surface area contributed by atoms with Crippen LogP contribution in [0.1, 0.15) is 24.0 Å². The number of hydrogen-bond acceptors (Lipinski definition) is 10. The lowest BCUT2D eigenvalue weighted by molar-refractivity contribution is -0.150. The van der Waals surface area contributed by atoms with Crippen molar-refractivity contribution in [1.82, 2.24) is 0 Å². The highest BCUT2D eigenvalue weighted by molar-refractivity contribution is 7.80. The van der Waals surface area contributed by atoms with Crippen molar-refractivity contribution in [2.45, 2.75) is 25.7 Å². The van der Waals surface area contributed by atoms with E-state index in [-0.39, 0.29) is 26.1 Å². The van der Waals surface area contributed by atoms with Crippen LogP contribution in [0.15, 0.2) is 60.7 Å². The average Bonchev–Trinajstić information content (AvgIpc) is 3.52. The van der Waals surface area contributed by atoms with E-state index in [0.717, 1.165) is 39.7 Å². The molecule has 4 rings (SSSR count). The first-order valence-corrected chi connectivity index (χ1v) is 16.3. The summed E-state index contributed by atoms with van der Waals surface area (Å²) in [5.74, 6) is -0.789. The van der Waals surface area contributed by atoms with Gasteiger partial charge in [0.15, 0.2) is 0 Å². The van der Waals surface area contributed by atoms with Gasteiger partial charge in [-0.3, -0.25) is 9.59 Å². The highest BCUT2D eigenvalue weighted by Crippen LogP contribution is 2.30. The van der Waals surface area contributed by atoms with E-state index >= 15 is 0 Å². The molecule has 0 spiro atoms. The number of hydrogen-bond donors (Lipinski definition) is 0. The van der Waals surface area contributed by atoms with Crippen LogP contribution in [-0.2, 0) is 31.9 Å². The minimum atomic E-state index is -0.395. The van der Waals surface area contributed by atoms with Gasteiger partial charge in [0.2, 0.25) is 0 Å². The lowest BCUT2D eigenvalue weighted by Crippen LogP contribution is -2.12. The van der Waals surface area contributed by atoms with E-state index in [4.69, 9.17) is 33.9 Å². The number of carbonyl (C=O) groups excluding carboxylic acids is 2. The molecule has 4 aromatic rings. The Labute approximate surface area is 234 Å². The van der Waals surface area contributed by atoms with E-state index in [2.05, 4.69) is 24.3 Å². The molecule has 0 N–H and O–H groups in total. The Kier molecular flexibility index (Phi) is 10.1. The molecule has 10 heteroatoms. The monoisotopic (exact) mass is 590 g/mol. The lowest BCUT2D eigenvalue weighted by atomic mass is 10.1. The number of carbonyl (C=O) groups is 2. The number of benzene rings is 2. The Morgan fingerprint density at radius 1 is 0.611 bits per heavy atom. The first kappa shape index (κ1) is 27.0. The third-order valence-electron chi connectivity index (χ3n) is 5.24. The molecule has 0 saturated heterocycles. The fourth-order valence-electron chi connectivity index (χ4n) is 3.33. The molecule has 0 amide bonds. The first-order chi connectivity index (χ1) is 17.5. The Balaban J connectivity index is 1.10. The van der Waals surface area contributed by atoms with Crippen LogP contribution in [0.25, 0.3) is 20.9 Å². The molecule has 0 saturated carbocycles. The largest absolute Gasteiger partial charge is 0.465 e. The third-order valence-corrected chi connectivity index (χ3v) is 11.1. The summed E-state index contributed by atoms with van der Waals surface area (Å²) in [7, 11) is 6.53. The molecule has 0 aliphatic carbocycles. The average molecular weight is 591 g/mol. The molecule has 0 bridgehead atoms. The first-order valence-electron chi connectivity index (χ1n) is 11.2. The van der Waals surface area contributed by atoms with Gasteiger partial charge in [0, 0.05) is 22.6 Å². The topological polar surface area (TPSA) is 52.6 Å². The minimum Gasteiger partial charge on any atom is -0.465 e. The van der Waals surface area contributed by atoms with Gasteiger partial charge in [-0.2, -0.15) is 0 Å². The molecule has 0 aliphatic heterocycles. The van der Waals surface area contributed by atoms with Gasteiger partial charge >= 0.3 is 11.9 Å². The van der Waals surface area contributed by atoms with Gasteiger partial charge in [0.1, 0.15) is 7.65 Å². The molecular weight excluding hydrogens is 569 g/mol. The fraction of sp³-hybridized carbons (Fsp3) is 0.231. The summed E-state index contributed by atoms with van der Waals surface area (Å²) in [5.41, 5.74) is 4.43. The maximum Gasteiger partial charge on any atom is 0.306 e. The summed E-state index contributed by atoms with van der Waals surface area (Å²) in [5, 5.41) is 0. The molecule has 0 aliphatic rings. The second-order valence-electron chi connectivity index (χ2n) is 7.82. The van der Waals surface area contributed by atoms with Crippen molar-refractivity contribution in [3.05, 3.63) is 79.4 Å². The van der Waals surface area contributed by atoms with Gasteiger partial charge < -0.3 is 9.47 Å². The minimum absolute atomic E-state index is 0.0159. The van der Waals surface area contributed by atoms with Gasteiger partial charge in [0.25, 0.3) is 0 Å². The van der Waals surface area contributed by atoms with E-state index in [1.807, 2.05) is 36.4 Å². The van der Waals surface area contributed by atoms with Crippen LogP contribution in [0.5, 0.6) is 0 Å². The van der Waals surface area contributed by atoms with E-state index in [9.17, 15) is 9.59 Å². The highest BCUT2D eigenvalue weighted by atomic mass is 32.9. The Bertz CT molecular complexity index is 1300. The second-order valence-corrected chi connectivity index (χ2v) is 13.6. The molecule has 36 heavy (non-hydrogen) atoms. The van der Waals surface area contributed by atoms with Crippen molar-refractivity contribution in [2.75, 3.05) is 13.2 Å². The van der Waals surface area contributed by atoms with Gasteiger partial charge in [-0.05, 0) is 34.4 Å². The van der Waals surface area contributed by atoms with Gasteiger partial charge in [-0.1, -0.05) is 114 Å². The number of esters is 2. The molecule has 2 heterocycles. The molecule has 0 atom stereocenters. The zero-order valence-electron chi connectivity index (χ0n) is 19.1. The van der Waals surface area contributed by atoms with Crippen molar-refractivity contribution in [1.29, 1.82) is 0 Å². The fourth-order valence-corrected chi connectivity index (χ4v) is 8.14. The molecule has 186 valence electrons. The van der Waals surface area contributed by atoms with Crippen molar-refractivity contribution < 1.29 is 19.1 Å². The van der Waals surface area contributed by atoms with Gasteiger partial charge in [-0.15, -0.1) is 0 Å². The van der Waals surface area contributed by atoms with Crippen molar-refractivity contribution in [3.8, 4) is 20.9 Å². The van der Waals surface area contributed by atoms with E-state index < -0.39 is 11.9 Å². The van der Waals surface area contributed by atoms with Crippen LogP contribution >= 0.6 is 65.8 Å². The molecule has 2 aromatic carbocycles. The van der Waals surface area contributed by atoms with Gasteiger partial charge in [-0.25, -0.2) is 0 Å². The molecule has 4 nitrogen and oxygen atoms in total. The maximum absolute atomic E-state index is 12.0. The molecule has 0 unspecified atom stereocenters. The van der Waals surface area contributed by atoms with E-state index in [1.165, 1.54) is 0 Å². The van der Waals surface area contributed by atoms with Crippen LogP contribution in [0, 0.1) is 7.65 Å². The Morgan fingerprint density at radius 2 is 1.00 bits per heavy atom. The van der Waals surface area contributed by atoms with Crippen molar-refractivity contribution >= 4 is 77.7 Å². The van der Waals surface area contributed by atoms with Gasteiger partial charge in [0.05, 0.1) is 26.1 Å². The second kappa shape index (κ2) is 13.5. The third kappa shape index (κ3) is 8.22. The Morgan fingerprint density at radius 3 is 1.33 bits per heavy atom. The molecular formula is C26H22O4S6. The van der Waals surface area contributed by atoms with Crippen LogP contribution in [0.2, 0.25) is 0 Å². The number of rotatable bonds is 11. The summed E-state index contributed by atoms with van der Waals surface area (Å²) in [6.45, 7) is 0.557. The van der Waals surface area contributed by atoms with Crippen LogP contribution < -0.4 is 0 Å². The lowest BCUT2D eigenvalue weighted by Gasteiger charge is -2.07. The smallest absolute Gasteiger partial charge is 0.306 e. The number of ether oxygens (including phenoxy) is 2.